The molecule has 1 unspecified atom stereocenters. The molecule has 0 saturated carbocycles. The number of hydrogen-bond donors (Lipinski definition) is 0. The van der Waals surface area contributed by atoms with Crippen molar-refractivity contribution in [3.05, 3.63) is 55.3 Å². The van der Waals surface area contributed by atoms with Crippen molar-refractivity contribution in [1.82, 2.24) is 18.7 Å². The van der Waals surface area contributed by atoms with Gasteiger partial charge in [0.1, 0.15) is 5.82 Å². The Morgan fingerprint density at radius 1 is 1.15 bits per heavy atom. The van der Waals surface area contributed by atoms with Gasteiger partial charge in [-0.3, -0.25) is 13.9 Å². The highest BCUT2D eigenvalue weighted by atomic mass is 16.2. The summed E-state index contributed by atoms with van der Waals surface area (Å²) < 4.78 is 4.25. The summed E-state index contributed by atoms with van der Waals surface area (Å²) in [6.07, 6.45) is 2.16. The highest BCUT2D eigenvalue weighted by molar-refractivity contribution is 5.33. The van der Waals surface area contributed by atoms with E-state index in [-0.39, 0.29) is 35.4 Å². The molecule has 0 aliphatic carbocycles. The molecule has 0 bridgehead atoms. The van der Waals surface area contributed by atoms with Gasteiger partial charge in [0, 0.05) is 51.7 Å². The molecule has 8 heteroatoms. The first-order valence-electron chi connectivity index (χ1n) is 8.70. The normalized spacial score (nSPS) is 12.4. The monoisotopic (exact) mass is 361 g/mol. The highest BCUT2D eigenvalue weighted by Gasteiger charge is 2.14. The van der Waals surface area contributed by atoms with E-state index in [1.807, 2.05) is 34.9 Å². The number of rotatable bonds is 6. The van der Waals surface area contributed by atoms with Crippen LogP contribution in [0.15, 0.2) is 32.7 Å². The fourth-order valence-corrected chi connectivity index (χ4v) is 2.89. The van der Waals surface area contributed by atoms with E-state index in [0.717, 1.165) is 0 Å². The molecule has 0 aromatic carbocycles. The quantitative estimate of drug-likeness (QED) is 0.765. The summed E-state index contributed by atoms with van der Waals surface area (Å²) in [4.78, 5) is 42.8. The Labute approximate surface area is 152 Å². The van der Waals surface area contributed by atoms with Gasteiger partial charge in [-0.05, 0) is 25.3 Å². The number of nitrogens with zero attached hydrogens (tertiary/aromatic N) is 5. The summed E-state index contributed by atoms with van der Waals surface area (Å²) in [6.45, 7) is 6.00. The SMILES string of the molecule is CC(C)c1cc(=O)n(CCC(C)n2ccc(N(C)C)nc2=O)c(=O)n1C. The van der Waals surface area contributed by atoms with Gasteiger partial charge < -0.3 is 9.47 Å². The van der Waals surface area contributed by atoms with Crippen LogP contribution in [0.2, 0.25) is 0 Å². The third kappa shape index (κ3) is 3.95. The van der Waals surface area contributed by atoms with Crippen LogP contribution in [-0.4, -0.2) is 32.8 Å². The van der Waals surface area contributed by atoms with Gasteiger partial charge in [-0.15, -0.1) is 0 Å². The van der Waals surface area contributed by atoms with Crippen molar-refractivity contribution in [1.29, 1.82) is 0 Å². The van der Waals surface area contributed by atoms with E-state index in [0.29, 0.717) is 17.9 Å². The lowest BCUT2D eigenvalue weighted by Gasteiger charge is -2.18. The molecule has 0 spiro atoms. The van der Waals surface area contributed by atoms with E-state index < -0.39 is 0 Å². The van der Waals surface area contributed by atoms with Crippen LogP contribution in [0.1, 0.15) is 44.8 Å². The van der Waals surface area contributed by atoms with Crippen molar-refractivity contribution in [2.75, 3.05) is 19.0 Å². The van der Waals surface area contributed by atoms with E-state index in [1.54, 1.807) is 24.2 Å². The Kier molecular flexibility index (Phi) is 5.84. The molecule has 142 valence electrons. The molecule has 2 aromatic heterocycles. The largest absolute Gasteiger partial charge is 0.363 e. The lowest BCUT2D eigenvalue weighted by molar-refractivity contribution is 0.429. The summed E-state index contributed by atoms with van der Waals surface area (Å²) in [5.41, 5.74) is -0.276. The van der Waals surface area contributed by atoms with Gasteiger partial charge in [0.2, 0.25) is 0 Å². The van der Waals surface area contributed by atoms with Gasteiger partial charge in [-0.25, -0.2) is 9.59 Å². The van der Waals surface area contributed by atoms with Crippen molar-refractivity contribution in [2.45, 2.75) is 45.7 Å². The van der Waals surface area contributed by atoms with Gasteiger partial charge >= 0.3 is 11.4 Å². The van der Waals surface area contributed by atoms with Gasteiger partial charge in [-0.2, -0.15) is 4.98 Å². The van der Waals surface area contributed by atoms with Crippen LogP contribution in [0.4, 0.5) is 5.82 Å². The molecule has 8 nitrogen and oxygen atoms in total. The first kappa shape index (κ1) is 19.7. The van der Waals surface area contributed by atoms with E-state index in [2.05, 4.69) is 4.98 Å². The molecule has 0 aliphatic rings. The molecule has 0 amide bonds. The Morgan fingerprint density at radius 2 is 1.81 bits per heavy atom. The van der Waals surface area contributed by atoms with Gasteiger partial charge in [-0.1, -0.05) is 13.8 Å². The maximum atomic E-state index is 12.5. The lowest BCUT2D eigenvalue weighted by atomic mass is 10.1. The van der Waals surface area contributed by atoms with Crippen LogP contribution in [-0.2, 0) is 13.6 Å². The molecule has 0 fully saturated rings. The minimum Gasteiger partial charge on any atom is -0.363 e. The fourth-order valence-electron chi connectivity index (χ4n) is 2.89. The third-order valence-corrected chi connectivity index (χ3v) is 4.55. The van der Waals surface area contributed by atoms with E-state index in [9.17, 15) is 14.4 Å². The van der Waals surface area contributed by atoms with Crippen LogP contribution in [0.5, 0.6) is 0 Å². The Hall–Kier alpha value is -2.64. The van der Waals surface area contributed by atoms with Crippen LogP contribution in [0.25, 0.3) is 0 Å². The smallest absolute Gasteiger partial charge is 0.349 e. The zero-order valence-electron chi connectivity index (χ0n) is 16.3. The van der Waals surface area contributed by atoms with Gasteiger partial charge in [0.15, 0.2) is 0 Å². The maximum Gasteiger partial charge on any atom is 0.349 e. The van der Waals surface area contributed by atoms with Crippen molar-refractivity contribution >= 4 is 5.82 Å². The Morgan fingerprint density at radius 3 is 2.35 bits per heavy atom. The zero-order chi connectivity index (χ0) is 19.6. The average molecular weight is 361 g/mol. The number of anilines is 1. The van der Waals surface area contributed by atoms with Crippen LogP contribution in [0.3, 0.4) is 0 Å². The molecule has 0 N–H and O–H groups in total. The summed E-state index contributed by atoms with van der Waals surface area (Å²) in [6, 6.07) is 3.09. The maximum absolute atomic E-state index is 12.5. The first-order chi connectivity index (χ1) is 12.1. The molecule has 0 radical (unpaired) electrons. The molecule has 1 atom stereocenters. The second-order valence-corrected chi connectivity index (χ2v) is 7.06. The van der Waals surface area contributed by atoms with Crippen molar-refractivity contribution in [3.8, 4) is 0 Å². The van der Waals surface area contributed by atoms with Crippen molar-refractivity contribution in [2.24, 2.45) is 7.05 Å². The summed E-state index contributed by atoms with van der Waals surface area (Å²) in [7, 11) is 5.31. The van der Waals surface area contributed by atoms with Crippen molar-refractivity contribution < 1.29 is 0 Å². The molecule has 26 heavy (non-hydrogen) atoms. The molecular weight excluding hydrogens is 334 g/mol. The second kappa shape index (κ2) is 7.72. The zero-order valence-corrected chi connectivity index (χ0v) is 16.3. The summed E-state index contributed by atoms with van der Waals surface area (Å²) >= 11 is 0. The fraction of sp³-hybridized carbons (Fsp3) is 0.556. The molecule has 2 aromatic rings. The molecule has 2 rings (SSSR count). The predicted molar refractivity (Wildman–Crippen MR) is 102 cm³/mol. The summed E-state index contributed by atoms with van der Waals surface area (Å²) in [5, 5.41) is 0. The average Bonchev–Trinajstić information content (AvgIpc) is 2.57. The number of hydrogen-bond acceptors (Lipinski definition) is 5. The first-order valence-corrected chi connectivity index (χ1v) is 8.70. The third-order valence-electron chi connectivity index (χ3n) is 4.55. The minimum atomic E-state index is -0.348. The predicted octanol–water partition coefficient (Wildman–Crippen LogP) is 0.944. The molecule has 2 heterocycles. The second-order valence-electron chi connectivity index (χ2n) is 7.06. The van der Waals surface area contributed by atoms with Gasteiger partial charge in [0.05, 0.1) is 0 Å². The summed E-state index contributed by atoms with van der Waals surface area (Å²) in [5.74, 6) is 0.682. The molecule has 0 saturated heterocycles. The highest BCUT2D eigenvalue weighted by Crippen LogP contribution is 2.11. The Balaban J connectivity index is 2.24. The van der Waals surface area contributed by atoms with E-state index in [1.165, 1.54) is 19.8 Å². The van der Waals surface area contributed by atoms with Gasteiger partial charge in [0.25, 0.3) is 5.56 Å². The van der Waals surface area contributed by atoms with Crippen LogP contribution >= 0.6 is 0 Å². The number of aromatic nitrogens is 4. The molecular formula is C18H27N5O3. The lowest BCUT2D eigenvalue weighted by Crippen LogP contribution is -2.40. The standard InChI is InChI=1S/C18H27N5O3/c1-12(2)14-11-16(24)23(18(26)21(14)6)9-7-13(3)22-10-8-15(20(4)5)19-17(22)25/h8,10-13H,7,9H2,1-6H3. The topological polar surface area (TPSA) is 82.1 Å². The molecule has 0 aliphatic heterocycles. The van der Waals surface area contributed by atoms with E-state index in [4.69, 9.17) is 0 Å². The van der Waals surface area contributed by atoms with Crippen LogP contribution < -0.4 is 21.8 Å². The van der Waals surface area contributed by atoms with E-state index >= 15 is 0 Å². The van der Waals surface area contributed by atoms with Crippen LogP contribution in [0, 0.1) is 0 Å². The Bertz CT molecular complexity index is 953. The van der Waals surface area contributed by atoms with Crippen molar-refractivity contribution in [3.63, 3.8) is 0 Å². The minimum absolute atomic E-state index is 0.0915.